The highest BCUT2D eigenvalue weighted by atomic mass is 32.1. The van der Waals surface area contributed by atoms with Gasteiger partial charge in [-0.25, -0.2) is 4.98 Å². The first-order chi connectivity index (χ1) is 11.3. The number of fused-ring (bicyclic) bond motifs is 1. The minimum absolute atomic E-state index is 0.601. The second-order valence-electron chi connectivity index (χ2n) is 5.43. The van der Waals surface area contributed by atoms with Crippen LogP contribution in [-0.2, 0) is 0 Å². The second-order valence-corrected chi connectivity index (χ2v) is 6.27. The molecule has 4 rings (SSSR count). The first kappa shape index (κ1) is 13.9. The van der Waals surface area contributed by atoms with Crippen molar-refractivity contribution in [3.8, 4) is 22.5 Å². The molecule has 0 bridgehead atoms. The molecule has 0 unspecified atom stereocenters. The van der Waals surface area contributed by atoms with Crippen LogP contribution in [0.4, 0.5) is 0 Å². The maximum absolute atomic E-state index is 11.8. The molecule has 0 radical (unpaired) electrons. The summed E-state index contributed by atoms with van der Waals surface area (Å²) in [6, 6.07) is 18.2. The summed E-state index contributed by atoms with van der Waals surface area (Å²) in [6.45, 7) is 2.05. The quantitative estimate of drug-likeness (QED) is 0.506. The van der Waals surface area contributed by atoms with Gasteiger partial charge >= 0.3 is 0 Å². The van der Waals surface area contributed by atoms with Crippen molar-refractivity contribution in [2.45, 2.75) is 6.92 Å². The Labute approximate surface area is 137 Å². The maximum Gasteiger partial charge on any atom is 0.195 e. The predicted molar refractivity (Wildman–Crippen MR) is 94.1 cm³/mol. The Kier molecular flexibility index (Phi) is 3.32. The molecular weight excluding hydrogens is 304 g/mol. The van der Waals surface area contributed by atoms with Crippen LogP contribution < -0.4 is 0 Å². The number of nitrogens with zero attached hydrogens (tertiary/aromatic N) is 2. The van der Waals surface area contributed by atoms with Crippen LogP contribution in [0, 0.1) is 6.92 Å². The van der Waals surface area contributed by atoms with E-state index in [0.717, 1.165) is 33.8 Å². The molecule has 4 heteroatoms. The highest BCUT2D eigenvalue weighted by molar-refractivity contribution is 7.15. The van der Waals surface area contributed by atoms with Gasteiger partial charge in [-0.2, -0.15) is 0 Å². The van der Waals surface area contributed by atoms with Gasteiger partial charge < -0.3 is 0 Å². The van der Waals surface area contributed by atoms with E-state index in [4.69, 9.17) is 0 Å². The molecule has 3 nitrogen and oxygen atoms in total. The lowest BCUT2D eigenvalue weighted by Gasteiger charge is -2.03. The Hall–Kier alpha value is -2.72. The summed E-state index contributed by atoms with van der Waals surface area (Å²) in [5.74, 6) is 0. The number of aldehydes is 1. The minimum Gasteiger partial charge on any atom is -0.296 e. The monoisotopic (exact) mass is 318 g/mol. The van der Waals surface area contributed by atoms with Crippen LogP contribution in [0.2, 0.25) is 0 Å². The van der Waals surface area contributed by atoms with Gasteiger partial charge in [-0.05, 0) is 12.5 Å². The Bertz CT molecular complexity index is 982. The van der Waals surface area contributed by atoms with Crippen molar-refractivity contribution < 1.29 is 4.79 Å². The van der Waals surface area contributed by atoms with Gasteiger partial charge in [-0.1, -0.05) is 60.2 Å². The van der Waals surface area contributed by atoms with Crippen molar-refractivity contribution in [3.63, 3.8) is 0 Å². The number of thiazole rings is 1. The van der Waals surface area contributed by atoms with E-state index in [-0.39, 0.29) is 0 Å². The van der Waals surface area contributed by atoms with Gasteiger partial charge in [0.25, 0.3) is 0 Å². The highest BCUT2D eigenvalue weighted by Crippen LogP contribution is 2.32. The summed E-state index contributed by atoms with van der Waals surface area (Å²) in [4.78, 5) is 17.3. The molecular formula is C19H14N2OS. The molecule has 0 saturated heterocycles. The molecule has 112 valence electrons. The van der Waals surface area contributed by atoms with E-state index < -0.39 is 0 Å². The van der Waals surface area contributed by atoms with Crippen molar-refractivity contribution in [2.75, 3.05) is 0 Å². The maximum atomic E-state index is 11.8. The van der Waals surface area contributed by atoms with Crippen LogP contribution in [0.3, 0.4) is 0 Å². The molecule has 0 aliphatic heterocycles. The normalized spacial score (nSPS) is 11.0. The molecule has 0 aliphatic rings. The van der Waals surface area contributed by atoms with Crippen molar-refractivity contribution in [1.82, 2.24) is 9.38 Å². The molecule has 0 saturated carbocycles. The molecule has 2 aromatic heterocycles. The molecule has 23 heavy (non-hydrogen) atoms. The van der Waals surface area contributed by atoms with Crippen molar-refractivity contribution in [1.29, 1.82) is 0 Å². The Morgan fingerprint density at radius 1 is 1.00 bits per heavy atom. The summed E-state index contributed by atoms with van der Waals surface area (Å²) in [5.41, 5.74) is 5.57. The lowest BCUT2D eigenvalue weighted by Crippen LogP contribution is -1.94. The van der Waals surface area contributed by atoms with Crippen LogP contribution in [0.5, 0.6) is 0 Å². The van der Waals surface area contributed by atoms with Gasteiger partial charge in [0.1, 0.15) is 11.4 Å². The van der Waals surface area contributed by atoms with E-state index >= 15 is 0 Å². The molecule has 0 amide bonds. The third kappa shape index (κ3) is 2.28. The van der Waals surface area contributed by atoms with E-state index in [2.05, 4.69) is 4.98 Å². The molecule has 0 N–H and O–H groups in total. The Balaban J connectivity index is 1.97. The zero-order valence-electron chi connectivity index (χ0n) is 12.6. The number of aromatic nitrogens is 2. The fourth-order valence-electron chi connectivity index (χ4n) is 2.72. The number of hydrogen-bond acceptors (Lipinski definition) is 3. The lowest BCUT2D eigenvalue weighted by atomic mass is 10.1. The third-order valence-corrected chi connectivity index (χ3v) is 4.73. The lowest BCUT2D eigenvalue weighted by molar-refractivity contribution is 0.111. The zero-order valence-corrected chi connectivity index (χ0v) is 13.4. The van der Waals surface area contributed by atoms with Gasteiger partial charge in [0.15, 0.2) is 11.2 Å². The van der Waals surface area contributed by atoms with Gasteiger partial charge in [0.2, 0.25) is 0 Å². The fourth-order valence-corrected chi connectivity index (χ4v) is 3.63. The number of rotatable bonds is 3. The predicted octanol–water partition coefficient (Wildman–Crippen LogP) is 4.85. The summed E-state index contributed by atoms with van der Waals surface area (Å²) >= 11 is 1.55. The average Bonchev–Trinajstić information content (AvgIpc) is 3.15. The second kappa shape index (κ2) is 5.48. The van der Waals surface area contributed by atoms with Gasteiger partial charge in [0.05, 0.1) is 5.69 Å². The molecule has 4 aromatic rings. The van der Waals surface area contributed by atoms with Crippen LogP contribution in [0.15, 0.2) is 60.0 Å². The largest absolute Gasteiger partial charge is 0.296 e. The van der Waals surface area contributed by atoms with Gasteiger partial charge in [-0.3, -0.25) is 9.20 Å². The van der Waals surface area contributed by atoms with Crippen molar-refractivity contribution in [2.24, 2.45) is 0 Å². The van der Waals surface area contributed by atoms with Gasteiger partial charge in [0, 0.05) is 10.9 Å². The van der Waals surface area contributed by atoms with Crippen LogP contribution in [0.25, 0.3) is 27.5 Å². The molecule has 0 fully saturated rings. The van der Waals surface area contributed by atoms with Crippen molar-refractivity contribution >= 4 is 22.6 Å². The van der Waals surface area contributed by atoms with Gasteiger partial charge in [-0.15, -0.1) is 11.3 Å². The zero-order chi connectivity index (χ0) is 15.8. The number of imidazole rings is 1. The standard InChI is InChI=1S/C19H14N2OS/c1-13-7-9-15(10-8-13)18-16(11-22)21-17(12-23-19(21)20-18)14-5-3-2-4-6-14/h2-12H,1H3. The van der Waals surface area contributed by atoms with Crippen LogP contribution >= 0.6 is 11.3 Å². The number of hydrogen-bond donors (Lipinski definition) is 0. The smallest absolute Gasteiger partial charge is 0.195 e. The summed E-state index contributed by atoms with van der Waals surface area (Å²) < 4.78 is 1.95. The summed E-state index contributed by atoms with van der Waals surface area (Å²) in [5, 5.41) is 2.05. The fraction of sp³-hybridized carbons (Fsp3) is 0.0526. The van der Waals surface area contributed by atoms with E-state index in [0.29, 0.717) is 5.69 Å². The third-order valence-electron chi connectivity index (χ3n) is 3.91. The van der Waals surface area contributed by atoms with E-state index in [1.807, 2.05) is 71.3 Å². The van der Waals surface area contributed by atoms with Crippen LogP contribution in [0.1, 0.15) is 16.1 Å². The minimum atomic E-state index is 0.601. The number of benzene rings is 2. The molecule has 0 atom stereocenters. The van der Waals surface area contributed by atoms with E-state index in [1.54, 1.807) is 11.3 Å². The number of aryl methyl sites for hydroxylation is 1. The molecule has 2 heterocycles. The number of carbonyl (C=O) groups is 1. The van der Waals surface area contributed by atoms with Crippen LogP contribution in [-0.4, -0.2) is 15.7 Å². The Morgan fingerprint density at radius 3 is 2.43 bits per heavy atom. The molecule has 0 spiro atoms. The topological polar surface area (TPSA) is 34.4 Å². The first-order valence-corrected chi connectivity index (χ1v) is 8.23. The van der Waals surface area contributed by atoms with E-state index in [9.17, 15) is 4.79 Å². The summed E-state index contributed by atoms with van der Waals surface area (Å²) in [7, 11) is 0. The van der Waals surface area contributed by atoms with Crippen molar-refractivity contribution in [3.05, 3.63) is 71.2 Å². The summed E-state index contributed by atoms with van der Waals surface area (Å²) in [6.07, 6.45) is 0.897. The SMILES string of the molecule is Cc1ccc(-c2nc3scc(-c4ccccc4)n3c2C=O)cc1. The van der Waals surface area contributed by atoms with E-state index in [1.165, 1.54) is 5.56 Å². The average molecular weight is 318 g/mol. The first-order valence-electron chi connectivity index (χ1n) is 7.35. The number of carbonyl (C=O) groups excluding carboxylic acids is 1. The molecule has 2 aromatic carbocycles. The highest BCUT2D eigenvalue weighted by Gasteiger charge is 2.18. The molecule has 0 aliphatic carbocycles. The Morgan fingerprint density at radius 2 is 1.74 bits per heavy atom.